The number of carbonyl (C=O) groups excluding carboxylic acids is 1. The molecule has 0 bridgehead atoms. The minimum Gasteiger partial charge on any atom is -0.445 e. The molecule has 1 atom stereocenters. The SMILES string of the molecule is O=C(c1ncoc1[C@H]1CCCO1)N(Cc1ccccc1)CC1CCC1. The van der Waals surface area contributed by atoms with E-state index in [2.05, 4.69) is 17.1 Å². The van der Waals surface area contributed by atoms with E-state index >= 15 is 0 Å². The van der Waals surface area contributed by atoms with Crippen LogP contribution in [0.25, 0.3) is 0 Å². The summed E-state index contributed by atoms with van der Waals surface area (Å²) >= 11 is 0. The Morgan fingerprint density at radius 2 is 2.00 bits per heavy atom. The van der Waals surface area contributed by atoms with Crippen LogP contribution in [0, 0.1) is 5.92 Å². The molecule has 0 radical (unpaired) electrons. The molecule has 1 saturated heterocycles. The second-order valence-corrected chi connectivity index (χ2v) is 7.04. The molecule has 5 heteroatoms. The fourth-order valence-corrected chi connectivity index (χ4v) is 3.59. The van der Waals surface area contributed by atoms with Gasteiger partial charge in [0.05, 0.1) is 0 Å². The second-order valence-electron chi connectivity index (χ2n) is 7.04. The first-order chi connectivity index (χ1) is 12.3. The Balaban J connectivity index is 1.55. The number of oxazole rings is 1. The van der Waals surface area contributed by atoms with Crippen molar-refractivity contribution in [3.05, 3.63) is 53.7 Å². The summed E-state index contributed by atoms with van der Waals surface area (Å²) in [4.78, 5) is 19.4. The molecule has 1 amide bonds. The summed E-state index contributed by atoms with van der Waals surface area (Å²) in [6.07, 6.45) is 6.79. The Bertz CT molecular complexity index is 703. The van der Waals surface area contributed by atoms with Crippen LogP contribution in [0.4, 0.5) is 0 Å². The number of carbonyl (C=O) groups is 1. The minimum atomic E-state index is -0.135. The van der Waals surface area contributed by atoms with Gasteiger partial charge in [-0.3, -0.25) is 4.79 Å². The summed E-state index contributed by atoms with van der Waals surface area (Å²) in [5.41, 5.74) is 1.56. The fraction of sp³-hybridized carbons (Fsp3) is 0.500. The molecule has 132 valence electrons. The van der Waals surface area contributed by atoms with Crippen LogP contribution < -0.4 is 0 Å². The lowest BCUT2D eigenvalue weighted by Gasteiger charge is -2.32. The zero-order valence-corrected chi connectivity index (χ0v) is 14.4. The third kappa shape index (κ3) is 3.61. The van der Waals surface area contributed by atoms with E-state index in [1.807, 2.05) is 23.1 Å². The summed E-state index contributed by atoms with van der Waals surface area (Å²) in [5, 5.41) is 0. The average Bonchev–Trinajstić information content (AvgIpc) is 3.27. The molecule has 1 saturated carbocycles. The van der Waals surface area contributed by atoms with Gasteiger partial charge in [0, 0.05) is 19.7 Å². The minimum absolute atomic E-state index is 0.0463. The van der Waals surface area contributed by atoms with Gasteiger partial charge in [-0.15, -0.1) is 0 Å². The van der Waals surface area contributed by atoms with Crippen molar-refractivity contribution in [1.29, 1.82) is 0 Å². The predicted octanol–water partition coefficient (Wildman–Crippen LogP) is 3.97. The zero-order chi connectivity index (χ0) is 17.1. The molecule has 5 nitrogen and oxygen atoms in total. The lowest BCUT2D eigenvalue weighted by Crippen LogP contribution is -2.37. The van der Waals surface area contributed by atoms with Crippen molar-refractivity contribution in [2.24, 2.45) is 5.92 Å². The fourth-order valence-electron chi connectivity index (χ4n) is 3.59. The third-order valence-corrected chi connectivity index (χ3v) is 5.23. The summed E-state index contributed by atoms with van der Waals surface area (Å²) in [5.74, 6) is 1.15. The van der Waals surface area contributed by atoms with Gasteiger partial charge in [-0.05, 0) is 37.2 Å². The van der Waals surface area contributed by atoms with Gasteiger partial charge in [0.25, 0.3) is 5.91 Å². The highest BCUT2D eigenvalue weighted by molar-refractivity contribution is 5.93. The number of hydrogen-bond donors (Lipinski definition) is 0. The molecular weight excluding hydrogens is 316 g/mol. The van der Waals surface area contributed by atoms with Crippen molar-refractivity contribution in [1.82, 2.24) is 9.88 Å². The lowest BCUT2D eigenvalue weighted by molar-refractivity contribution is 0.0647. The van der Waals surface area contributed by atoms with E-state index in [0.29, 0.717) is 23.9 Å². The summed E-state index contributed by atoms with van der Waals surface area (Å²) < 4.78 is 11.2. The predicted molar refractivity (Wildman–Crippen MR) is 93.0 cm³/mol. The molecule has 0 unspecified atom stereocenters. The number of rotatable bonds is 6. The number of nitrogens with zero attached hydrogens (tertiary/aromatic N) is 2. The molecule has 2 aromatic rings. The number of hydrogen-bond acceptors (Lipinski definition) is 4. The first kappa shape index (κ1) is 16.3. The second kappa shape index (κ2) is 7.40. The van der Waals surface area contributed by atoms with Crippen molar-refractivity contribution in [3.8, 4) is 0 Å². The zero-order valence-electron chi connectivity index (χ0n) is 14.4. The van der Waals surface area contributed by atoms with Gasteiger partial charge in [-0.1, -0.05) is 36.8 Å². The first-order valence-corrected chi connectivity index (χ1v) is 9.19. The van der Waals surface area contributed by atoms with Crippen LogP contribution >= 0.6 is 0 Å². The molecule has 2 fully saturated rings. The molecule has 2 aliphatic rings. The van der Waals surface area contributed by atoms with Gasteiger partial charge in [0.15, 0.2) is 17.8 Å². The third-order valence-electron chi connectivity index (χ3n) is 5.23. The molecule has 2 heterocycles. The Hall–Kier alpha value is -2.14. The van der Waals surface area contributed by atoms with Crippen LogP contribution in [-0.2, 0) is 11.3 Å². The topological polar surface area (TPSA) is 55.6 Å². The first-order valence-electron chi connectivity index (χ1n) is 9.19. The molecule has 0 spiro atoms. The highest BCUT2D eigenvalue weighted by Gasteiger charge is 2.32. The van der Waals surface area contributed by atoms with Gasteiger partial charge in [0.2, 0.25) is 0 Å². The Morgan fingerprint density at radius 1 is 1.16 bits per heavy atom. The highest BCUT2D eigenvalue weighted by atomic mass is 16.5. The maximum atomic E-state index is 13.2. The van der Waals surface area contributed by atoms with E-state index in [-0.39, 0.29) is 12.0 Å². The average molecular weight is 340 g/mol. The molecule has 4 rings (SSSR count). The van der Waals surface area contributed by atoms with Crippen molar-refractivity contribution < 1.29 is 13.9 Å². The van der Waals surface area contributed by atoms with E-state index < -0.39 is 0 Å². The molecule has 1 aromatic heterocycles. The van der Waals surface area contributed by atoms with Crippen molar-refractivity contribution in [2.75, 3.05) is 13.2 Å². The standard InChI is InChI=1S/C20H24N2O3/c23-20(18-19(25-14-21-18)17-10-5-11-24-17)22(13-16-8-4-9-16)12-15-6-2-1-3-7-15/h1-3,6-7,14,16-17H,4-5,8-13H2/t17-/m1/s1. The normalized spacial score (nSPS) is 20.4. The number of aromatic nitrogens is 1. The lowest BCUT2D eigenvalue weighted by atomic mass is 9.85. The van der Waals surface area contributed by atoms with Crippen LogP contribution in [0.5, 0.6) is 0 Å². The largest absolute Gasteiger partial charge is 0.445 e. The molecule has 1 aliphatic heterocycles. The van der Waals surface area contributed by atoms with Crippen LogP contribution in [-0.4, -0.2) is 28.9 Å². The van der Waals surface area contributed by atoms with Crippen molar-refractivity contribution in [2.45, 2.75) is 44.8 Å². The van der Waals surface area contributed by atoms with Gasteiger partial charge in [0.1, 0.15) is 6.10 Å². The van der Waals surface area contributed by atoms with Gasteiger partial charge < -0.3 is 14.1 Å². The monoisotopic (exact) mass is 340 g/mol. The van der Waals surface area contributed by atoms with Crippen molar-refractivity contribution >= 4 is 5.91 Å². The van der Waals surface area contributed by atoms with Gasteiger partial charge in [-0.25, -0.2) is 4.98 Å². The van der Waals surface area contributed by atoms with E-state index in [0.717, 1.165) is 31.6 Å². The summed E-state index contributed by atoms with van der Waals surface area (Å²) in [6, 6.07) is 10.1. The quantitative estimate of drug-likeness (QED) is 0.798. The summed E-state index contributed by atoms with van der Waals surface area (Å²) in [6.45, 7) is 2.11. The van der Waals surface area contributed by atoms with Crippen LogP contribution in [0.3, 0.4) is 0 Å². The Kier molecular flexibility index (Phi) is 4.83. The van der Waals surface area contributed by atoms with Crippen molar-refractivity contribution in [3.63, 3.8) is 0 Å². The maximum Gasteiger partial charge on any atom is 0.276 e. The van der Waals surface area contributed by atoms with Crippen LogP contribution in [0.1, 0.15) is 60.0 Å². The smallest absolute Gasteiger partial charge is 0.276 e. The molecule has 0 N–H and O–H groups in total. The molecule has 1 aliphatic carbocycles. The van der Waals surface area contributed by atoms with Crippen LogP contribution in [0.2, 0.25) is 0 Å². The van der Waals surface area contributed by atoms with E-state index in [9.17, 15) is 4.79 Å². The summed E-state index contributed by atoms with van der Waals surface area (Å²) in [7, 11) is 0. The van der Waals surface area contributed by atoms with E-state index in [1.54, 1.807) is 0 Å². The Labute approximate surface area is 148 Å². The molecule has 1 aromatic carbocycles. The number of benzene rings is 1. The number of ether oxygens (including phenoxy) is 1. The van der Waals surface area contributed by atoms with E-state index in [4.69, 9.17) is 9.15 Å². The van der Waals surface area contributed by atoms with E-state index in [1.165, 1.54) is 25.7 Å². The highest BCUT2D eigenvalue weighted by Crippen LogP contribution is 2.32. The van der Waals surface area contributed by atoms with Crippen LogP contribution in [0.15, 0.2) is 41.1 Å². The molecular formula is C20H24N2O3. The maximum absolute atomic E-state index is 13.2. The Morgan fingerprint density at radius 3 is 2.68 bits per heavy atom. The number of amides is 1. The molecule has 25 heavy (non-hydrogen) atoms. The van der Waals surface area contributed by atoms with Gasteiger partial charge in [-0.2, -0.15) is 0 Å². The van der Waals surface area contributed by atoms with Gasteiger partial charge >= 0.3 is 0 Å².